The number of amides is 2. The molecule has 5 heteroatoms. The predicted octanol–water partition coefficient (Wildman–Crippen LogP) is 1.69. The van der Waals surface area contributed by atoms with E-state index >= 15 is 0 Å². The highest BCUT2D eigenvalue weighted by Gasteiger charge is 2.36. The zero-order chi connectivity index (χ0) is 13.8. The summed E-state index contributed by atoms with van der Waals surface area (Å²) in [5.74, 6) is -1.10. The number of aliphatic carboxylic acids is 1. The van der Waals surface area contributed by atoms with Gasteiger partial charge >= 0.3 is 12.0 Å². The lowest BCUT2D eigenvalue weighted by atomic mass is 9.92. The summed E-state index contributed by atoms with van der Waals surface area (Å²) in [4.78, 5) is 23.1. The topological polar surface area (TPSA) is 78.4 Å². The first-order valence-corrected chi connectivity index (χ1v) is 5.74. The molecule has 1 rings (SSSR count). The molecule has 0 bridgehead atoms. The van der Waals surface area contributed by atoms with Crippen molar-refractivity contribution in [3.05, 3.63) is 35.9 Å². The molecule has 1 atom stereocenters. The zero-order valence-corrected chi connectivity index (χ0v) is 10.7. The summed E-state index contributed by atoms with van der Waals surface area (Å²) in [7, 11) is 0. The van der Waals surface area contributed by atoms with Gasteiger partial charge in [-0.2, -0.15) is 0 Å². The van der Waals surface area contributed by atoms with Crippen molar-refractivity contribution in [3.8, 4) is 0 Å². The molecule has 0 fully saturated rings. The van der Waals surface area contributed by atoms with Crippen LogP contribution in [-0.2, 0) is 10.3 Å². The Hall–Kier alpha value is -2.04. The van der Waals surface area contributed by atoms with Crippen molar-refractivity contribution in [3.63, 3.8) is 0 Å². The van der Waals surface area contributed by atoms with E-state index in [-0.39, 0.29) is 6.04 Å². The van der Waals surface area contributed by atoms with Gasteiger partial charge in [0.05, 0.1) is 0 Å². The Morgan fingerprint density at radius 3 is 2.22 bits per heavy atom. The molecule has 18 heavy (non-hydrogen) atoms. The summed E-state index contributed by atoms with van der Waals surface area (Å²) in [6.45, 7) is 5.07. The van der Waals surface area contributed by atoms with Gasteiger partial charge in [0.25, 0.3) is 0 Å². The van der Waals surface area contributed by atoms with E-state index in [2.05, 4.69) is 10.6 Å². The normalized spacial score (nSPS) is 13.8. The van der Waals surface area contributed by atoms with Crippen LogP contribution in [0.5, 0.6) is 0 Å². The summed E-state index contributed by atoms with van der Waals surface area (Å²) >= 11 is 0. The van der Waals surface area contributed by atoms with Crippen molar-refractivity contribution in [2.75, 3.05) is 0 Å². The monoisotopic (exact) mass is 250 g/mol. The summed E-state index contributed by atoms with van der Waals surface area (Å²) in [6, 6.07) is 8.04. The van der Waals surface area contributed by atoms with Crippen LogP contribution in [0.3, 0.4) is 0 Å². The minimum atomic E-state index is -1.44. The third-order valence-corrected chi connectivity index (χ3v) is 2.56. The number of hydrogen-bond donors (Lipinski definition) is 3. The fraction of sp³-hybridized carbons (Fsp3) is 0.385. The zero-order valence-electron chi connectivity index (χ0n) is 10.7. The average molecular weight is 250 g/mol. The first-order chi connectivity index (χ1) is 8.36. The van der Waals surface area contributed by atoms with Gasteiger partial charge in [-0.3, -0.25) is 0 Å². The number of benzene rings is 1. The standard InChI is InChI=1S/C13H18N2O3/c1-9(2)14-12(18)15-13(3,11(16)17)10-7-5-4-6-8-10/h4-9H,1-3H3,(H,16,17)(H2,14,15,18). The molecule has 0 radical (unpaired) electrons. The van der Waals surface area contributed by atoms with Crippen molar-refractivity contribution in [1.29, 1.82) is 0 Å². The lowest BCUT2D eigenvalue weighted by molar-refractivity contribution is -0.144. The van der Waals surface area contributed by atoms with Gasteiger partial charge in [0.1, 0.15) is 0 Å². The lowest BCUT2D eigenvalue weighted by Crippen LogP contribution is -2.54. The summed E-state index contributed by atoms with van der Waals surface area (Å²) in [5.41, 5.74) is -0.920. The maximum absolute atomic E-state index is 11.7. The van der Waals surface area contributed by atoms with Crippen LogP contribution in [0, 0.1) is 0 Å². The predicted molar refractivity (Wildman–Crippen MR) is 68.2 cm³/mol. The van der Waals surface area contributed by atoms with Crippen molar-refractivity contribution in [2.45, 2.75) is 32.4 Å². The van der Waals surface area contributed by atoms with Gasteiger partial charge in [-0.15, -0.1) is 0 Å². The SMILES string of the molecule is CC(C)NC(=O)NC(C)(C(=O)O)c1ccccc1. The van der Waals surface area contributed by atoms with E-state index in [1.807, 2.05) is 0 Å². The largest absolute Gasteiger partial charge is 0.479 e. The number of hydrogen-bond acceptors (Lipinski definition) is 2. The van der Waals surface area contributed by atoms with E-state index in [9.17, 15) is 14.7 Å². The second kappa shape index (κ2) is 5.53. The smallest absolute Gasteiger partial charge is 0.333 e. The molecule has 2 amide bonds. The molecule has 0 aliphatic heterocycles. The molecule has 1 unspecified atom stereocenters. The molecule has 0 saturated carbocycles. The van der Waals surface area contributed by atoms with E-state index in [1.54, 1.807) is 44.2 Å². The molecule has 0 aromatic heterocycles. The molecule has 0 saturated heterocycles. The molecule has 98 valence electrons. The first kappa shape index (κ1) is 14.0. The van der Waals surface area contributed by atoms with Gasteiger partial charge in [0.15, 0.2) is 5.54 Å². The van der Waals surface area contributed by atoms with Crippen molar-refractivity contribution in [1.82, 2.24) is 10.6 Å². The number of carbonyl (C=O) groups excluding carboxylic acids is 1. The van der Waals surface area contributed by atoms with Crippen molar-refractivity contribution in [2.24, 2.45) is 0 Å². The summed E-state index contributed by atoms with van der Waals surface area (Å²) in [5, 5.41) is 14.4. The Balaban J connectivity index is 2.96. The van der Waals surface area contributed by atoms with E-state index in [4.69, 9.17) is 0 Å². The van der Waals surface area contributed by atoms with Gasteiger partial charge in [0.2, 0.25) is 0 Å². The molecule has 0 heterocycles. The van der Waals surface area contributed by atoms with E-state index in [0.29, 0.717) is 5.56 Å². The second-order valence-electron chi connectivity index (χ2n) is 4.55. The molecule has 3 N–H and O–H groups in total. The molecule has 0 spiro atoms. The fourth-order valence-corrected chi connectivity index (χ4v) is 1.55. The molecule has 1 aromatic rings. The number of carboxylic acids is 1. The molecule has 0 aliphatic rings. The van der Waals surface area contributed by atoms with E-state index in [0.717, 1.165) is 0 Å². The van der Waals surface area contributed by atoms with Crippen molar-refractivity contribution < 1.29 is 14.7 Å². The van der Waals surface area contributed by atoms with Gasteiger partial charge in [-0.05, 0) is 26.3 Å². The van der Waals surface area contributed by atoms with Gasteiger partial charge < -0.3 is 15.7 Å². The summed E-state index contributed by atoms with van der Waals surface area (Å²) in [6.07, 6.45) is 0. The molecular formula is C13H18N2O3. The Labute approximate surface area is 106 Å². The molecule has 0 aliphatic carbocycles. The minimum Gasteiger partial charge on any atom is -0.479 e. The van der Waals surface area contributed by atoms with Crippen LogP contribution in [0.2, 0.25) is 0 Å². The van der Waals surface area contributed by atoms with Crippen LogP contribution in [-0.4, -0.2) is 23.1 Å². The number of rotatable bonds is 4. The van der Waals surface area contributed by atoms with Gasteiger partial charge in [-0.1, -0.05) is 30.3 Å². The minimum absolute atomic E-state index is 0.0566. The number of carbonyl (C=O) groups is 2. The van der Waals surface area contributed by atoms with Crippen LogP contribution in [0.25, 0.3) is 0 Å². The van der Waals surface area contributed by atoms with Crippen LogP contribution in [0.4, 0.5) is 4.79 Å². The maximum atomic E-state index is 11.7. The fourth-order valence-electron chi connectivity index (χ4n) is 1.55. The van der Waals surface area contributed by atoms with E-state index in [1.165, 1.54) is 6.92 Å². The van der Waals surface area contributed by atoms with Crippen LogP contribution in [0.1, 0.15) is 26.3 Å². The summed E-state index contributed by atoms with van der Waals surface area (Å²) < 4.78 is 0. The molecule has 1 aromatic carbocycles. The van der Waals surface area contributed by atoms with Crippen LogP contribution < -0.4 is 10.6 Å². The quantitative estimate of drug-likeness (QED) is 0.761. The first-order valence-electron chi connectivity index (χ1n) is 5.74. The van der Waals surface area contributed by atoms with Crippen molar-refractivity contribution >= 4 is 12.0 Å². The number of nitrogens with one attached hydrogen (secondary N) is 2. The Morgan fingerprint density at radius 2 is 1.78 bits per heavy atom. The maximum Gasteiger partial charge on any atom is 0.333 e. The number of carboxylic acid groups (broad SMARTS) is 1. The second-order valence-corrected chi connectivity index (χ2v) is 4.55. The average Bonchev–Trinajstić information content (AvgIpc) is 2.28. The Kier molecular flexibility index (Phi) is 4.31. The molecule has 5 nitrogen and oxygen atoms in total. The highest BCUT2D eigenvalue weighted by atomic mass is 16.4. The Bertz CT molecular complexity index is 431. The highest BCUT2D eigenvalue weighted by molar-refractivity contribution is 5.87. The highest BCUT2D eigenvalue weighted by Crippen LogP contribution is 2.20. The van der Waals surface area contributed by atoms with E-state index < -0.39 is 17.5 Å². The number of urea groups is 1. The lowest BCUT2D eigenvalue weighted by Gasteiger charge is -2.27. The third kappa shape index (κ3) is 3.23. The Morgan fingerprint density at radius 1 is 1.22 bits per heavy atom. The van der Waals surface area contributed by atoms with Crippen LogP contribution in [0.15, 0.2) is 30.3 Å². The third-order valence-electron chi connectivity index (χ3n) is 2.56. The molecular weight excluding hydrogens is 232 g/mol. The van der Waals surface area contributed by atoms with Gasteiger partial charge in [0, 0.05) is 6.04 Å². The van der Waals surface area contributed by atoms with Gasteiger partial charge in [-0.25, -0.2) is 9.59 Å². The van der Waals surface area contributed by atoms with Crippen LogP contribution >= 0.6 is 0 Å².